The molecule has 1 aliphatic rings. The molecule has 0 amide bonds. The molecule has 1 N–H and O–H groups in total. The molecular weight excluding hydrogens is 252 g/mol. The van der Waals surface area contributed by atoms with E-state index >= 15 is 0 Å². The minimum absolute atomic E-state index is 0.0123. The Morgan fingerprint density at radius 3 is 2.95 bits per heavy atom. The summed E-state index contributed by atoms with van der Waals surface area (Å²) in [7, 11) is 0. The first kappa shape index (κ1) is 11.4. The van der Waals surface area contributed by atoms with Crippen molar-refractivity contribution in [2.75, 3.05) is 0 Å². The van der Waals surface area contributed by atoms with Crippen LogP contribution in [0.15, 0.2) is 35.4 Å². The highest BCUT2D eigenvalue weighted by atomic mass is 16.1. The normalized spacial score (nSPS) is 14.4. The maximum absolute atomic E-state index is 12.1. The maximum atomic E-state index is 12.1. The smallest absolute Gasteiger partial charge is 0.254 e. The van der Waals surface area contributed by atoms with Crippen LogP contribution in [0, 0.1) is 0 Å². The fourth-order valence-corrected chi connectivity index (χ4v) is 2.77. The van der Waals surface area contributed by atoms with Crippen molar-refractivity contribution in [2.45, 2.75) is 25.7 Å². The van der Waals surface area contributed by atoms with Crippen LogP contribution in [-0.4, -0.2) is 19.4 Å². The second kappa shape index (κ2) is 4.30. The van der Waals surface area contributed by atoms with Crippen LogP contribution in [0.2, 0.25) is 0 Å². The summed E-state index contributed by atoms with van der Waals surface area (Å²) in [5.74, 6) is 0.569. The van der Waals surface area contributed by atoms with Crippen LogP contribution in [0.4, 0.5) is 0 Å². The van der Waals surface area contributed by atoms with Crippen molar-refractivity contribution in [3.05, 3.63) is 52.2 Å². The van der Waals surface area contributed by atoms with Gasteiger partial charge in [0.2, 0.25) is 0 Å². The van der Waals surface area contributed by atoms with Crippen LogP contribution >= 0.6 is 0 Å². The number of aromatic nitrogens is 4. The molecule has 0 spiro atoms. The van der Waals surface area contributed by atoms with Gasteiger partial charge in [-0.05, 0) is 37.8 Å². The van der Waals surface area contributed by atoms with E-state index in [-0.39, 0.29) is 5.56 Å². The molecule has 5 nitrogen and oxygen atoms in total. The van der Waals surface area contributed by atoms with E-state index in [0.717, 1.165) is 42.6 Å². The predicted octanol–water partition coefficient (Wildman–Crippen LogP) is 1.96. The summed E-state index contributed by atoms with van der Waals surface area (Å²) in [5, 5.41) is 0. The van der Waals surface area contributed by atoms with E-state index in [0.29, 0.717) is 11.5 Å². The van der Waals surface area contributed by atoms with Crippen molar-refractivity contribution in [1.82, 2.24) is 19.4 Å². The molecule has 0 unspecified atom stereocenters. The fourth-order valence-electron chi connectivity index (χ4n) is 2.77. The average Bonchev–Trinajstić information content (AvgIpc) is 2.91. The van der Waals surface area contributed by atoms with E-state index < -0.39 is 0 Å². The van der Waals surface area contributed by atoms with Gasteiger partial charge in [-0.2, -0.15) is 0 Å². The Morgan fingerprint density at radius 2 is 2.05 bits per heavy atom. The molecule has 0 atom stereocenters. The lowest BCUT2D eigenvalue weighted by molar-refractivity contribution is 0.657. The molecular formula is C15H14N4O. The second-order valence-corrected chi connectivity index (χ2v) is 5.14. The van der Waals surface area contributed by atoms with E-state index in [9.17, 15) is 4.79 Å². The SMILES string of the molecule is O=c1[nH]c(-c2cn3ccccc3n2)nc2c1CCCC2. The van der Waals surface area contributed by atoms with E-state index in [1.54, 1.807) is 0 Å². The Labute approximate surface area is 115 Å². The topological polar surface area (TPSA) is 63.0 Å². The van der Waals surface area contributed by atoms with Gasteiger partial charge in [0.25, 0.3) is 5.56 Å². The first-order valence-electron chi connectivity index (χ1n) is 6.87. The molecule has 0 fully saturated rings. The monoisotopic (exact) mass is 266 g/mol. The van der Waals surface area contributed by atoms with Gasteiger partial charge < -0.3 is 9.38 Å². The molecule has 4 rings (SSSR count). The van der Waals surface area contributed by atoms with Crippen molar-refractivity contribution >= 4 is 5.65 Å². The van der Waals surface area contributed by atoms with E-state index in [2.05, 4.69) is 15.0 Å². The molecule has 20 heavy (non-hydrogen) atoms. The minimum atomic E-state index is -0.0123. The van der Waals surface area contributed by atoms with Crippen molar-refractivity contribution < 1.29 is 0 Å². The van der Waals surface area contributed by atoms with Crippen molar-refractivity contribution in [3.8, 4) is 11.5 Å². The number of fused-ring (bicyclic) bond motifs is 2. The summed E-state index contributed by atoms with van der Waals surface area (Å²) in [5.41, 5.74) is 3.34. The fraction of sp³-hybridized carbons (Fsp3) is 0.267. The van der Waals surface area contributed by atoms with E-state index in [1.807, 2.05) is 35.0 Å². The Balaban J connectivity index is 1.89. The summed E-state index contributed by atoms with van der Waals surface area (Å²) in [4.78, 5) is 24.1. The standard InChI is InChI=1S/C15H14N4O/c20-15-10-5-1-2-6-11(10)17-14(18-15)12-9-19-8-4-3-7-13(19)16-12/h3-4,7-9H,1-2,5-6H2,(H,17,18,20). The lowest BCUT2D eigenvalue weighted by atomic mass is 9.97. The quantitative estimate of drug-likeness (QED) is 0.732. The highest BCUT2D eigenvalue weighted by molar-refractivity contribution is 5.55. The molecule has 100 valence electrons. The number of pyridine rings is 1. The Hall–Kier alpha value is -2.43. The minimum Gasteiger partial charge on any atom is -0.306 e. The highest BCUT2D eigenvalue weighted by Crippen LogP contribution is 2.19. The van der Waals surface area contributed by atoms with Crippen molar-refractivity contribution in [3.63, 3.8) is 0 Å². The summed E-state index contributed by atoms with van der Waals surface area (Å²) in [6.45, 7) is 0. The first-order chi connectivity index (χ1) is 9.81. The lowest BCUT2D eigenvalue weighted by Gasteiger charge is -2.13. The molecule has 5 heteroatoms. The maximum Gasteiger partial charge on any atom is 0.254 e. The zero-order chi connectivity index (χ0) is 13.5. The van der Waals surface area contributed by atoms with Crippen molar-refractivity contribution in [2.24, 2.45) is 0 Å². The van der Waals surface area contributed by atoms with Gasteiger partial charge in [0.15, 0.2) is 5.82 Å². The zero-order valence-electron chi connectivity index (χ0n) is 11.0. The molecule has 0 saturated carbocycles. The Bertz CT molecular complexity index is 813. The van der Waals surface area contributed by atoms with Gasteiger partial charge in [0.1, 0.15) is 11.3 Å². The summed E-state index contributed by atoms with van der Waals surface area (Å²) in [6, 6.07) is 5.82. The number of H-pyrrole nitrogens is 1. The number of rotatable bonds is 1. The third-order valence-electron chi connectivity index (χ3n) is 3.80. The number of hydrogen-bond donors (Lipinski definition) is 1. The third-order valence-corrected chi connectivity index (χ3v) is 3.80. The summed E-state index contributed by atoms with van der Waals surface area (Å²) < 4.78 is 1.93. The van der Waals surface area contributed by atoms with Crippen molar-refractivity contribution in [1.29, 1.82) is 0 Å². The number of aryl methyl sites for hydroxylation is 1. The molecule has 0 bridgehead atoms. The van der Waals surface area contributed by atoms with Crippen LogP contribution in [-0.2, 0) is 12.8 Å². The zero-order valence-corrected chi connectivity index (χ0v) is 11.0. The average molecular weight is 266 g/mol. The van der Waals surface area contributed by atoms with Crippen LogP contribution in [0.5, 0.6) is 0 Å². The van der Waals surface area contributed by atoms with Gasteiger partial charge in [-0.3, -0.25) is 4.79 Å². The van der Waals surface area contributed by atoms with Gasteiger partial charge in [0, 0.05) is 18.0 Å². The number of nitrogens with zero attached hydrogens (tertiary/aromatic N) is 3. The first-order valence-corrected chi connectivity index (χ1v) is 6.87. The van der Waals surface area contributed by atoms with Gasteiger partial charge >= 0.3 is 0 Å². The van der Waals surface area contributed by atoms with Crippen LogP contribution < -0.4 is 5.56 Å². The number of aromatic amines is 1. The largest absolute Gasteiger partial charge is 0.306 e. The predicted molar refractivity (Wildman–Crippen MR) is 75.7 cm³/mol. The highest BCUT2D eigenvalue weighted by Gasteiger charge is 2.17. The molecule has 0 aliphatic heterocycles. The molecule has 0 saturated heterocycles. The van der Waals surface area contributed by atoms with Crippen LogP contribution in [0.25, 0.3) is 17.2 Å². The molecule has 3 aromatic rings. The third kappa shape index (κ3) is 1.74. The van der Waals surface area contributed by atoms with Gasteiger partial charge in [-0.1, -0.05) is 6.07 Å². The molecule has 3 heterocycles. The summed E-state index contributed by atoms with van der Waals surface area (Å²) >= 11 is 0. The number of hydrogen-bond acceptors (Lipinski definition) is 3. The molecule has 0 aromatic carbocycles. The Kier molecular flexibility index (Phi) is 2.45. The van der Waals surface area contributed by atoms with Gasteiger partial charge in [0.05, 0.1) is 5.69 Å². The number of nitrogens with one attached hydrogen (secondary N) is 1. The van der Waals surface area contributed by atoms with Crippen LogP contribution in [0.3, 0.4) is 0 Å². The summed E-state index contributed by atoms with van der Waals surface area (Å²) in [6.07, 6.45) is 7.73. The number of imidazole rings is 1. The van der Waals surface area contributed by atoms with Gasteiger partial charge in [-0.15, -0.1) is 0 Å². The lowest BCUT2D eigenvalue weighted by Crippen LogP contribution is -2.21. The molecule has 0 radical (unpaired) electrons. The van der Waals surface area contributed by atoms with Gasteiger partial charge in [-0.25, -0.2) is 9.97 Å². The second-order valence-electron chi connectivity index (χ2n) is 5.14. The Morgan fingerprint density at radius 1 is 1.15 bits per heavy atom. The molecule has 3 aromatic heterocycles. The van der Waals surface area contributed by atoms with Crippen LogP contribution in [0.1, 0.15) is 24.1 Å². The van der Waals surface area contributed by atoms with E-state index in [1.165, 1.54) is 0 Å². The molecule has 1 aliphatic carbocycles. The van der Waals surface area contributed by atoms with E-state index in [4.69, 9.17) is 0 Å².